The van der Waals surface area contributed by atoms with Gasteiger partial charge in [0.2, 0.25) is 0 Å². The summed E-state index contributed by atoms with van der Waals surface area (Å²) < 4.78 is 20.8. The first-order valence-electron chi connectivity index (χ1n) is 8.81. The van der Waals surface area contributed by atoms with E-state index in [4.69, 9.17) is 15.6 Å². The summed E-state index contributed by atoms with van der Waals surface area (Å²) in [4.78, 5) is 36.7. The lowest BCUT2D eigenvalue weighted by Gasteiger charge is -2.21. The quantitative estimate of drug-likeness (QED) is 0.587. The predicted molar refractivity (Wildman–Crippen MR) is 101 cm³/mol. The average molecular weight is 408 g/mol. The van der Waals surface area contributed by atoms with Crippen molar-refractivity contribution in [3.63, 3.8) is 0 Å². The number of aliphatic hydroxyl groups is 1. The fraction of sp³-hybridized carbons (Fsp3) is 0.389. The van der Waals surface area contributed by atoms with Gasteiger partial charge in [0, 0.05) is 18.0 Å². The first-order valence-corrected chi connectivity index (χ1v) is 8.81. The van der Waals surface area contributed by atoms with Crippen LogP contribution >= 0.6 is 0 Å². The molecular formula is C18H21FN4O6. The van der Waals surface area contributed by atoms with E-state index in [1.807, 2.05) is 0 Å². The minimum atomic E-state index is -1.83. The number of carbonyl (C=O) groups excluding carboxylic acids is 2. The van der Waals surface area contributed by atoms with Gasteiger partial charge in [0.25, 0.3) is 0 Å². The Morgan fingerprint density at radius 1 is 1.41 bits per heavy atom. The number of amides is 3. The van der Waals surface area contributed by atoms with Crippen LogP contribution in [0.4, 0.5) is 19.7 Å². The summed E-state index contributed by atoms with van der Waals surface area (Å²) >= 11 is 0. The van der Waals surface area contributed by atoms with Gasteiger partial charge in [-0.15, -0.1) is 0 Å². The summed E-state index contributed by atoms with van der Waals surface area (Å²) in [5.41, 5.74) is 4.11. The number of alkyl halides is 1. The number of aromatic nitrogens is 1. The Morgan fingerprint density at radius 3 is 2.76 bits per heavy atom. The number of benzene rings is 1. The molecule has 0 spiro atoms. The fourth-order valence-electron chi connectivity index (χ4n) is 3.41. The molecule has 10 nitrogen and oxygen atoms in total. The number of hydrogen-bond acceptors (Lipinski definition) is 5. The number of likely N-dealkylation sites (tertiary alicyclic amines) is 1. The lowest BCUT2D eigenvalue weighted by molar-refractivity contribution is -0.141. The maximum absolute atomic E-state index is 14.3. The highest BCUT2D eigenvalue weighted by Gasteiger charge is 2.47. The van der Waals surface area contributed by atoms with Crippen molar-refractivity contribution in [2.45, 2.75) is 25.1 Å². The summed E-state index contributed by atoms with van der Waals surface area (Å²) in [6, 6.07) is 1.75. The molecule has 1 fully saturated rings. The molecule has 3 amide bonds. The minimum absolute atomic E-state index is 0.0485. The average Bonchev–Trinajstić information content (AvgIpc) is 3.17. The van der Waals surface area contributed by atoms with E-state index in [2.05, 4.69) is 5.32 Å². The van der Waals surface area contributed by atoms with Crippen molar-refractivity contribution in [1.82, 2.24) is 9.47 Å². The zero-order valence-electron chi connectivity index (χ0n) is 15.6. The number of urea groups is 1. The number of rotatable bonds is 5. The topological polar surface area (TPSA) is 147 Å². The SMILES string of the molecule is C[C@@]1(F)C[C@@H](C(=O)O)N(C(=O)Nc2cn(C(N)=O)c3ccc(OCCO)cc23)C1. The highest BCUT2D eigenvalue weighted by molar-refractivity contribution is 6.05. The van der Waals surface area contributed by atoms with Crippen LogP contribution in [0.25, 0.3) is 10.9 Å². The number of hydrogen-bond donors (Lipinski definition) is 4. The number of aliphatic hydroxyl groups excluding tert-OH is 1. The van der Waals surface area contributed by atoms with E-state index >= 15 is 0 Å². The third kappa shape index (κ3) is 4.09. The molecule has 1 saturated heterocycles. The van der Waals surface area contributed by atoms with Crippen molar-refractivity contribution in [1.29, 1.82) is 0 Å². The van der Waals surface area contributed by atoms with Crippen molar-refractivity contribution in [3.8, 4) is 5.75 Å². The van der Waals surface area contributed by atoms with E-state index in [0.717, 1.165) is 9.47 Å². The number of carboxylic acids is 1. The molecule has 156 valence electrons. The second kappa shape index (κ2) is 7.59. The van der Waals surface area contributed by atoms with E-state index in [-0.39, 0.29) is 31.9 Å². The number of ether oxygens (including phenoxy) is 1. The van der Waals surface area contributed by atoms with Crippen LogP contribution in [0.15, 0.2) is 24.4 Å². The fourth-order valence-corrected chi connectivity index (χ4v) is 3.41. The molecule has 29 heavy (non-hydrogen) atoms. The van der Waals surface area contributed by atoms with Gasteiger partial charge in [-0.1, -0.05) is 0 Å². The molecule has 2 heterocycles. The van der Waals surface area contributed by atoms with E-state index in [0.29, 0.717) is 16.7 Å². The number of halogens is 1. The van der Waals surface area contributed by atoms with Crippen LogP contribution in [0.2, 0.25) is 0 Å². The number of fused-ring (bicyclic) bond motifs is 1. The molecule has 2 aromatic rings. The largest absolute Gasteiger partial charge is 0.491 e. The van der Waals surface area contributed by atoms with Crippen LogP contribution in [0.1, 0.15) is 13.3 Å². The van der Waals surface area contributed by atoms with Crippen LogP contribution in [-0.4, -0.2) is 69.2 Å². The normalized spacial score (nSPS) is 21.3. The van der Waals surface area contributed by atoms with Gasteiger partial charge < -0.3 is 30.9 Å². The van der Waals surface area contributed by atoms with Crippen LogP contribution < -0.4 is 15.8 Å². The number of nitrogens with zero attached hydrogens (tertiary/aromatic N) is 2. The van der Waals surface area contributed by atoms with Crippen LogP contribution in [0.3, 0.4) is 0 Å². The third-order valence-electron chi connectivity index (χ3n) is 4.66. The summed E-state index contributed by atoms with van der Waals surface area (Å²) in [6.07, 6.45) is 0.971. The number of carbonyl (C=O) groups is 3. The Balaban J connectivity index is 1.95. The number of nitrogens with two attached hydrogens (primary N) is 1. The molecule has 0 radical (unpaired) electrons. The van der Waals surface area contributed by atoms with Gasteiger partial charge in [-0.2, -0.15) is 0 Å². The van der Waals surface area contributed by atoms with Crippen LogP contribution in [0, 0.1) is 0 Å². The monoisotopic (exact) mass is 408 g/mol. The predicted octanol–water partition coefficient (Wildman–Crippen LogP) is 1.36. The van der Waals surface area contributed by atoms with Gasteiger partial charge in [-0.05, 0) is 25.1 Å². The molecule has 2 atom stereocenters. The minimum Gasteiger partial charge on any atom is -0.491 e. The Kier molecular flexibility index (Phi) is 5.33. The van der Waals surface area contributed by atoms with Gasteiger partial charge >= 0.3 is 18.0 Å². The van der Waals surface area contributed by atoms with E-state index < -0.39 is 29.7 Å². The van der Waals surface area contributed by atoms with Gasteiger partial charge in [-0.25, -0.2) is 18.8 Å². The summed E-state index contributed by atoms with van der Waals surface area (Å²) in [6.45, 7) is 0.708. The smallest absolute Gasteiger partial charge is 0.326 e. The summed E-state index contributed by atoms with van der Waals surface area (Å²) in [5, 5.41) is 21.1. The van der Waals surface area contributed by atoms with Crippen LogP contribution in [0.5, 0.6) is 5.75 Å². The molecule has 0 unspecified atom stereocenters. The molecule has 0 aliphatic carbocycles. The molecule has 1 aliphatic heterocycles. The van der Waals surface area contributed by atoms with Gasteiger partial charge in [0.05, 0.1) is 24.4 Å². The molecule has 0 bridgehead atoms. The number of primary amides is 1. The third-order valence-corrected chi connectivity index (χ3v) is 4.66. The lowest BCUT2D eigenvalue weighted by Crippen LogP contribution is -2.43. The zero-order chi connectivity index (χ0) is 21.3. The molecule has 1 aliphatic rings. The number of aliphatic carboxylic acids is 1. The maximum Gasteiger partial charge on any atom is 0.326 e. The molecule has 1 aromatic carbocycles. The van der Waals surface area contributed by atoms with E-state index in [1.165, 1.54) is 19.2 Å². The Bertz CT molecular complexity index is 973. The first kappa shape index (κ1) is 20.4. The zero-order valence-corrected chi connectivity index (χ0v) is 15.6. The Morgan fingerprint density at radius 2 is 2.14 bits per heavy atom. The summed E-state index contributed by atoms with van der Waals surface area (Å²) in [7, 11) is 0. The summed E-state index contributed by atoms with van der Waals surface area (Å²) in [5.74, 6) is -0.925. The first-order chi connectivity index (χ1) is 13.6. The number of carboxylic acid groups (broad SMARTS) is 1. The molecule has 5 N–H and O–H groups in total. The van der Waals surface area contributed by atoms with Crippen molar-refractivity contribution < 1.29 is 33.7 Å². The highest BCUT2D eigenvalue weighted by Crippen LogP contribution is 2.33. The number of nitrogens with one attached hydrogen (secondary N) is 1. The second-order valence-corrected chi connectivity index (χ2v) is 7.03. The number of anilines is 1. The van der Waals surface area contributed by atoms with Crippen LogP contribution in [-0.2, 0) is 4.79 Å². The van der Waals surface area contributed by atoms with E-state index in [9.17, 15) is 23.9 Å². The molecule has 0 saturated carbocycles. The standard InChI is InChI=1S/C18H21FN4O6/c1-18(19)7-14(15(25)26)23(9-18)17(28)21-12-8-22(16(20)27)13-3-2-10(6-11(12)13)29-5-4-24/h2-3,6,8,14,24H,4-5,7,9H2,1H3,(H2,20,27)(H,21,28)(H,25,26)/t14-,18+/m0/s1. The molecule has 1 aromatic heterocycles. The maximum atomic E-state index is 14.3. The lowest BCUT2D eigenvalue weighted by atomic mass is 10.1. The molecule has 11 heteroatoms. The molecular weight excluding hydrogens is 387 g/mol. The Hall–Kier alpha value is -3.34. The molecule has 3 rings (SSSR count). The van der Waals surface area contributed by atoms with Crippen molar-refractivity contribution in [2.24, 2.45) is 5.73 Å². The van der Waals surface area contributed by atoms with Gasteiger partial charge in [0.15, 0.2) is 0 Å². The highest BCUT2D eigenvalue weighted by atomic mass is 19.1. The van der Waals surface area contributed by atoms with Gasteiger partial charge in [0.1, 0.15) is 24.1 Å². The van der Waals surface area contributed by atoms with Crippen molar-refractivity contribution in [2.75, 3.05) is 25.1 Å². The second-order valence-electron chi connectivity index (χ2n) is 7.03. The van der Waals surface area contributed by atoms with Crippen molar-refractivity contribution >= 4 is 34.6 Å². The van der Waals surface area contributed by atoms with Gasteiger partial charge in [-0.3, -0.25) is 4.57 Å². The van der Waals surface area contributed by atoms with Crippen molar-refractivity contribution in [3.05, 3.63) is 24.4 Å². The Labute approximate surface area is 164 Å². The van der Waals surface area contributed by atoms with E-state index in [1.54, 1.807) is 12.1 Å².